The van der Waals surface area contributed by atoms with Gasteiger partial charge >= 0.3 is 0 Å². The number of hydrogen-bond acceptors (Lipinski definition) is 3. The number of pyridine rings is 1. The van der Waals surface area contributed by atoms with Crippen LogP contribution in [0.2, 0.25) is 0 Å². The highest BCUT2D eigenvalue weighted by molar-refractivity contribution is 5.63. The van der Waals surface area contributed by atoms with Gasteiger partial charge in [0.05, 0.1) is 0 Å². The molecule has 2 aromatic rings. The van der Waals surface area contributed by atoms with Gasteiger partial charge in [0, 0.05) is 29.8 Å². The van der Waals surface area contributed by atoms with Crippen molar-refractivity contribution in [3.63, 3.8) is 0 Å². The van der Waals surface area contributed by atoms with Crippen LogP contribution < -0.4 is 11.1 Å². The molecule has 0 aliphatic heterocycles. The van der Waals surface area contributed by atoms with E-state index in [1.807, 2.05) is 43.3 Å². The van der Waals surface area contributed by atoms with Crippen molar-refractivity contribution in [2.75, 3.05) is 5.32 Å². The topological polar surface area (TPSA) is 50.9 Å². The molecule has 0 spiro atoms. The van der Waals surface area contributed by atoms with Crippen LogP contribution in [0, 0.1) is 0 Å². The summed E-state index contributed by atoms with van der Waals surface area (Å²) in [5.74, 6) is 0. The smallest absolute Gasteiger partial charge is 0.0432 e. The van der Waals surface area contributed by atoms with Gasteiger partial charge in [-0.1, -0.05) is 18.2 Å². The lowest BCUT2D eigenvalue weighted by Crippen LogP contribution is -2.07. The Balaban J connectivity index is 2.28. The summed E-state index contributed by atoms with van der Waals surface area (Å²) in [5.41, 5.74) is 9.09. The fourth-order valence-electron chi connectivity index (χ4n) is 1.60. The van der Waals surface area contributed by atoms with Gasteiger partial charge in [0.2, 0.25) is 0 Å². The first-order valence-corrected chi connectivity index (χ1v) is 5.29. The van der Waals surface area contributed by atoms with Gasteiger partial charge in [-0.2, -0.15) is 0 Å². The Morgan fingerprint density at radius 2 is 1.81 bits per heavy atom. The molecule has 1 aromatic carbocycles. The zero-order valence-electron chi connectivity index (χ0n) is 9.22. The third-order valence-electron chi connectivity index (χ3n) is 2.41. The molecule has 1 atom stereocenters. The second kappa shape index (κ2) is 4.77. The molecular weight excluding hydrogens is 198 g/mol. The second-order valence-electron chi connectivity index (χ2n) is 3.74. The van der Waals surface area contributed by atoms with Crippen LogP contribution in [0.25, 0.3) is 0 Å². The Morgan fingerprint density at radius 3 is 2.50 bits per heavy atom. The molecule has 0 radical (unpaired) electrons. The van der Waals surface area contributed by atoms with E-state index >= 15 is 0 Å². The number of nitrogens with two attached hydrogens (primary N) is 1. The molecule has 1 unspecified atom stereocenters. The Hall–Kier alpha value is -1.87. The highest BCUT2D eigenvalue weighted by Gasteiger charge is 2.05. The van der Waals surface area contributed by atoms with Gasteiger partial charge in [0.25, 0.3) is 0 Å². The third kappa shape index (κ3) is 2.38. The van der Waals surface area contributed by atoms with E-state index in [-0.39, 0.29) is 6.04 Å². The molecule has 2 rings (SSSR count). The lowest BCUT2D eigenvalue weighted by Gasteiger charge is -2.14. The predicted octanol–water partition coefficient (Wildman–Crippen LogP) is 2.84. The number of anilines is 2. The number of hydrogen-bond donors (Lipinski definition) is 2. The second-order valence-corrected chi connectivity index (χ2v) is 3.74. The number of rotatable bonds is 3. The molecule has 0 fully saturated rings. The Labute approximate surface area is 95.3 Å². The quantitative estimate of drug-likeness (QED) is 0.824. The van der Waals surface area contributed by atoms with Crippen LogP contribution >= 0.6 is 0 Å². The van der Waals surface area contributed by atoms with Gasteiger partial charge in [0.15, 0.2) is 0 Å². The van der Waals surface area contributed by atoms with Crippen molar-refractivity contribution in [2.45, 2.75) is 13.0 Å². The maximum absolute atomic E-state index is 5.92. The Bertz CT molecular complexity index is 452. The van der Waals surface area contributed by atoms with Gasteiger partial charge in [0.1, 0.15) is 0 Å². The molecule has 1 heterocycles. The summed E-state index contributed by atoms with van der Waals surface area (Å²) >= 11 is 0. The van der Waals surface area contributed by atoms with Gasteiger partial charge in [-0.15, -0.1) is 0 Å². The number of nitrogens with zero attached hydrogens (tertiary/aromatic N) is 1. The Morgan fingerprint density at radius 1 is 1.12 bits per heavy atom. The van der Waals surface area contributed by atoms with Crippen LogP contribution in [-0.2, 0) is 0 Å². The van der Waals surface area contributed by atoms with Crippen molar-refractivity contribution >= 4 is 11.4 Å². The average Bonchev–Trinajstić information content (AvgIpc) is 2.31. The minimum atomic E-state index is 0.0190. The van der Waals surface area contributed by atoms with E-state index in [0.29, 0.717) is 0 Å². The van der Waals surface area contributed by atoms with Crippen LogP contribution in [0.5, 0.6) is 0 Å². The molecule has 82 valence electrons. The van der Waals surface area contributed by atoms with Crippen LogP contribution in [0.3, 0.4) is 0 Å². The highest BCUT2D eigenvalue weighted by atomic mass is 14.9. The molecule has 0 aliphatic carbocycles. The van der Waals surface area contributed by atoms with Crippen molar-refractivity contribution in [3.8, 4) is 0 Å². The normalized spacial score (nSPS) is 12.1. The third-order valence-corrected chi connectivity index (χ3v) is 2.41. The monoisotopic (exact) mass is 213 g/mol. The van der Waals surface area contributed by atoms with Gasteiger partial charge < -0.3 is 11.1 Å². The maximum Gasteiger partial charge on any atom is 0.0432 e. The minimum absolute atomic E-state index is 0.0190. The summed E-state index contributed by atoms with van der Waals surface area (Å²) < 4.78 is 0. The first-order chi connectivity index (χ1) is 7.77. The molecule has 0 aliphatic rings. The van der Waals surface area contributed by atoms with E-state index in [1.54, 1.807) is 12.4 Å². The number of benzene rings is 1. The highest BCUT2D eigenvalue weighted by Crippen LogP contribution is 2.24. The SMILES string of the molecule is CC(N)c1ccccc1Nc1ccncc1. The van der Waals surface area contributed by atoms with Gasteiger partial charge in [-0.3, -0.25) is 4.98 Å². The van der Waals surface area contributed by atoms with Crippen LogP contribution in [0.15, 0.2) is 48.8 Å². The largest absolute Gasteiger partial charge is 0.355 e. The zero-order valence-corrected chi connectivity index (χ0v) is 9.22. The Kier molecular flexibility index (Phi) is 3.17. The first-order valence-electron chi connectivity index (χ1n) is 5.29. The van der Waals surface area contributed by atoms with Crippen molar-refractivity contribution in [1.82, 2.24) is 4.98 Å². The van der Waals surface area contributed by atoms with E-state index < -0.39 is 0 Å². The number of para-hydroxylation sites is 1. The standard InChI is InChI=1S/C13H15N3/c1-10(14)12-4-2-3-5-13(12)16-11-6-8-15-9-7-11/h2-10H,14H2,1H3,(H,15,16). The van der Waals surface area contributed by atoms with Gasteiger partial charge in [-0.05, 0) is 30.7 Å². The van der Waals surface area contributed by atoms with Crippen molar-refractivity contribution in [3.05, 3.63) is 54.4 Å². The summed E-state index contributed by atoms with van der Waals surface area (Å²) in [6.45, 7) is 1.98. The van der Waals surface area contributed by atoms with Crippen LogP contribution in [0.1, 0.15) is 18.5 Å². The summed E-state index contributed by atoms with van der Waals surface area (Å²) in [7, 11) is 0. The molecule has 16 heavy (non-hydrogen) atoms. The van der Waals surface area contributed by atoms with Crippen LogP contribution in [-0.4, -0.2) is 4.98 Å². The molecule has 0 saturated heterocycles. The van der Waals surface area contributed by atoms with E-state index in [0.717, 1.165) is 16.9 Å². The number of nitrogens with one attached hydrogen (secondary N) is 1. The molecular formula is C13H15N3. The van der Waals surface area contributed by atoms with E-state index in [2.05, 4.69) is 10.3 Å². The molecule has 0 saturated carbocycles. The summed E-state index contributed by atoms with van der Waals surface area (Å²) in [4.78, 5) is 3.98. The molecule has 3 N–H and O–H groups in total. The summed E-state index contributed by atoms with van der Waals surface area (Å²) in [6.07, 6.45) is 3.52. The summed E-state index contributed by atoms with van der Waals surface area (Å²) in [6, 6.07) is 11.9. The lowest BCUT2D eigenvalue weighted by atomic mass is 10.1. The van der Waals surface area contributed by atoms with Crippen molar-refractivity contribution < 1.29 is 0 Å². The van der Waals surface area contributed by atoms with E-state index in [4.69, 9.17) is 5.73 Å². The van der Waals surface area contributed by atoms with Crippen molar-refractivity contribution in [1.29, 1.82) is 0 Å². The van der Waals surface area contributed by atoms with E-state index in [1.165, 1.54) is 0 Å². The molecule has 0 bridgehead atoms. The first kappa shape index (κ1) is 10.6. The van der Waals surface area contributed by atoms with Gasteiger partial charge in [-0.25, -0.2) is 0 Å². The summed E-state index contributed by atoms with van der Waals surface area (Å²) in [5, 5.41) is 3.33. The molecule has 0 amide bonds. The predicted molar refractivity (Wildman–Crippen MR) is 66.6 cm³/mol. The van der Waals surface area contributed by atoms with E-state index in [9.17, 15) is 0 Å². The average molecular weight is 213 g/mol. The fourth-order valence-corrected chi connectivity index (χ4v) is 1.60. The zero-order chi connectivity index (χ0) is 11.4. The number of aromatic nitrogens is 1. The molecule has 3 nitrogen and oxygen atoms in total. The minimum Gasteiger partial charge on any atom is -0.355 e. The van der Waals surface area contributed by atoms with Crippen molar-refractivity contribution in [2.24, 2.45) is 5.73 Å². The molecule has 3 heteroatoms. The fraction of sp³-hybridized carbons (Fsp3) is 0.154. The lowest BCUT2D eigenvalue weighted by molar-refractivity contribution is 0.820. The maximum atomic E-state index is 5.92. The molecule has 1 aromatic heterocycles. The van der Waals surface area contributed by atoms with Crippen LogP contribution in [0.4, 0.5) is 11.4 Å².